The number of aromatic nitrogens is 4. The van der Waals surface area contributed by atoms with Crippen molar-refractivity contribution in [2.24, 2.45) is 0 Å². The molecule has 0 atom stereocenters. The SMILES string of the molecule is Fc1nc(F)c(F)c(NCc2cccc(-c3ncn[nH]3)c2)c1F. The molecular weight excluding hydrogens is 314 g/mol. The molecule has 3 aromatic rings. The van der Waals surface area contributed by atoms with Gasteiger partial charge in [-0.3, -0.25) is 5.10 Å². The first-order valence-corrected chi connectivity index (χ1v) is 6.45. The number of pyridine rings is 1. The molecule has 0 aliphatic heterocycles. The minimum Gasteiger partial charge on any atom is -0.376 e. The summed E-state index contributed by atoms with van der Waals surface area (Å²) in [6, 6.07) is 6.83. The van der Waals surface area contributed by atoms with E-state index in [2.05, 4.69) is 25.5 Å². The van der Waals surface area contributed by atoms with Crippen LogP contribution in [-0.4, -0.2) is 20.2 Å². The third-order valence-electron chi connectivity index (χ3n) is 3.08. The summed E-state index contributed by atoms with van der Waals surface area (Å²) < 4.78 is 53.1. The van der Waals surface area contributed by atoms with Crippen LogP contribution in [-0.2, 0) is 6.54 Å². The molecule has 0 unspecified atom stereocenters. The summed E-state index contributed by atoms with van der Waals surface area (Å²) >= 11 is 0. The standard InChI is InChI=1S/C14H9F4N5/c15-9-11(10(16)13(18)22-12(9)17)19-5-7-2-1-3-8(4-7)14-20-6-21-23-14/h1-4,6H,5H2,(H,19,22)(H,20,21,23). The van der Waals surface area contributed by atoms with Gasteiger partial charge in [0.2, 0.25) is 11.6 Å². The Labute approximate surface area is 127 Å². The summed E-state index contributed by atoms with van der Waals surface area (Å²) in [5, 5.41) is 8.74. The van der Waals surface area contributed by atoms with Gasteiger partial charge in [0.25, 0.3) is 11.9 Å². The van der Waals surface area contributed by atoms with Crippen LogP contribution >= 0.6 is 0 Å². The highest BCUT2D eigenvalue weighted by Gasteiger charge is 2.20. The van der Waals surface area contributed by atoms with Crippen LogP contribution in [0.1, 0.15) is 5.56 Å². The van der Waals surface area contributed by atoms with E-state index < -0.39 is 29.2 Å². The fourth-order valence-electron chi connectivity index (χ4n) is 2.01. The van der Waals surface area contributed by atoms with E-state index in [1.165, 1.54) is 6.33 Å². The summed E-state index contributed by atoms with van der Waals surface area (Å²) in [4.78, 5) is 6.48. The zero-order valence-corrected chi connectivity index (χ0v) is 11.4. The van der Waals surface area contributed by atoms with Gasteiger partial charge >= 0.3 is 0 Å². The largest absolute Gasteiger partial charge is 0.376 e. The minimum absolute atomic E-state index is 0.0568. The van der Waals surface area contributed by atoms with E-state index in [0.29, 0.717) is 17.0 Å². The van der Waals surface area contributed by atoms with E-state index >= 15 is 0 Å². The van der Waals surface area contributed by atoms with Crippen molar-refractivity contribution in [1.29, 1.82) is 0 Å². The normalized spacial score (nSPS) is 10.8. The van der Waals surface area contributed by atoms with Gasteiger partial charge in [0.1, 0.15) is 12.0 Å². The highest BCUT2D eigenvalue weighted by atomic mass is 19.2. The highest BCUT2D eigenvalue weighted by Crippen LogP contribution is 2.23. The number of hydrogen-bond donors (Lipinski definition) is 2. The van der Waals surface area contributed by atoms with Crippen molar-refractivity contribution in [3.8, 4) is 11.4 Å². The highest BCUT2D eigenvalue weighted by molar-refractivity contribution is 5.56. The molecule has 2 N–H and O–H groups in total. The van der Waals surface area contributed by atoms with Gasteiger partial charge in [0.05, 0.1) is 0 Å². The van der Waals surface area contributed by atoms with E-state index in [1.54, 1.807) is 24.3 Å². The maximum absolute atomic E-state index is 13.5. The second-order valence-corrected chi connectivity index (χ2v) is 4.58. The van der Waals surface area contributed by atoms with Gasteiger partial charge in [-0.15, -0.1) is 0 Å². The van der Waals surface area contributed by atoms with Crippen LogP contribution in [0, 0.1) is 23.5 Å². The molecule has 0 spiro atoms. The number of halogens is 4. The Balaban J connectivity index is 1.83. The van der Waals surface area contributed by atoms with Crippen molar-refractivity contribution >= 4 is 5.69 Å². The Bertz CT molecular complexity index is 809. The fourth-order valence-corrected chi connectivity index (χ4v) is 2.01. The average Bonchev–Trinajstić information content (AvgIpc) is 3.08. The molecule has 0 bridgehead atoms. The fraction of sp³-hybridized carbons (Fsp3) is 0.0714. The maximum atomic E-state index is 13.5. The molecule has 23 heavy (non-hydrogen) atoms. The van der Waals surface area contributed by atoms with E-state index in [1.807, 2.05) is 0 Å². The zero-order valence-electron chi connectivity index (χ0n) is 11.4. The minimum atomic E-state index is -1.71. The first-order valence-electron chi connectivity index (χ1n) is 6.45. The predicted octanol–water partition coefficient (Wildman–Crippen LogP) is 3.04. The molecule has 9 heteroatoms. The van der Waals surface area contributed by atoms with Crippen LogP contribution in [0.4, 0.5) is 23.2 Å². The summed E-state index contributed by atoms with van der Waals surface area (Å²) in [5.74, 6) is -6.04. The van der Waals surface area contributed by atoms with Crippen LogP contribution in [0.5, 0.6) is 0 Å². The summed E-state index contributed by atoms with van der Waals surface area (Å²) in [7, 11) is 0. The number of rotatable bonds is 4. The van der Waals surface area contributed by atoms with Gasteiger partial charge < -0.3 is 5.32 Å². The van der Waals surface area contributed by atoms with Gasteiger partial charge in [-0.05, 0) is 11.6 Å². The number of hydrogen-bond acceptors (Lipinski definition) is 4. The van der Waals surface area contributed by atoms with Crippen molar-refractivity contribution in [2.45, 2.75) is 6.54 Å². The summed E-state index contributed by atoms with van der Waals surface area (Å²) in [6.07, 6.45) is 1.34. The van der Waals surface area contributed by atoms with E-state index in [-0.39, 0.29) is 6.54 Å². The van der Waals surface area contributed by atoms with Crippen molar-refractivity contribution in [3.05, 3.63) is 59.7 Å². The Morgan fingerprint density at radius 2 is 1.78 bits per heavy atom. The summed E-state index contributed by atoms with van der Waals surface area (Å²) in [5.41, 5.74) is 0.422. The lowest BCUT2D eigenvalue weighted by Crippen LogP contribution is -2.09. The number of nitrogens with zero attached hydrogens (tertiary/aromatic N) is 3. The van der Waals surface area contributed by atoms with E-state index in [9.17, 15) is 17.6 Å². The van der Waals surface area contributed by atoms with Gasteiger partial charge in [0, 0.05) is 12.1 Å². The smallest absolute Gasteiger partial charge is 0.253 e. The molecule has 3 rings (SSSR count). The average molecular weight is 323 g/mol. The van der Waals surface area contributed by atoms with E-state index in [4.69, 9.17) is 0 Å². The molecule has 0 aliphatic carbocycles. The van der Waals surface area contributed by atoms with Crippen molar-refractivity contribution in [2.75, 3.05) is 5.32 Å². The van der Waals surface area contributed by atoms with Gasteiger partial charge in [-0.1, -0.05) is 18.2 Å². The topological polar surface area (TPSA) is 66.5 Å². The van der Waals surface area contributed by atoms with Crippen LogP contribution in [0.15, 0.2) is 30.6 Å². The first-order chi connectivity index (χ1) is 11.1. The predicted molar refractivity (Wildman–Crippen MR) is 73.2 cm³/mol. The number of nitrogens with one attached hydrogen (secondary N) is 2. The summed E-state index contributed by atoms with van der Waals surface area (Å²) in [6.45, 7) is -0.0568. The Hall–Kier alpha value is -2.97. The molecule has 0 amide bonds. The molecule has 1 aromatic carbocycles. The molecule has 118 valence electrons. The molecule has 2 heterocycles. The molecular formula is C14H9F4N5. The number of benzene rings is 1. The molecule has 0 saturated carbocycles. The molecule has 2 aromatic heterocycles. The molecule has 0 saturated heterocycles. The van der Waals surface area contributed by atoms with Gasteiger partial charge in [0.15, 0.2) is 5.82 Å². The van der Waals surface area contributed by atoms with Crippen LogP contribution in [0.25, 0.3) is 11.4 Å². The quantitative estimate of drug-likeness (QED) is 0.572. The number of aromatic amines is 1. The Morgan fingerprint density at radius 1 is 1.04 bits per heavy atom. The Kier molecular flexibility index (Phi) is 3.92. The Morgan fingerprint density at radius 3 is 2.43 bits per heavy atom. The lowest BCUT2D eigenvalue weighted by atomic mass is 10.1. The monoisotopic (exact) mass is 323 g/mol. The molecule has 0 radical (unpaired) electrons. The van der Waals surface area contributed by atoms with Gasteiger partial charge in [-0.2, -0.15) is 27.6 Å². The number of anilines is 1. The van der Waals surface area contributed by atoms with Crippen LogP contribution in [0.2, 0.25) is 0 Å². The zero-order chi connectivity index (χ0) is 16.4. The van der Waals surface area contributed by atoms with Crippen LogP contribution in [0.3, 0.4) is 0 Å². The van der Waals surface area contributed by atoms with Gasteiger partial charge in [-0.25, -0.2) is 4.98 Å². The number of H-pyrrole nitrogens is 1. The lowest BCUT2D eigenvalue weighted by Gasteiger charge is -2.10. The third-order valence-corrected chi connectivity index (χ3v) is 3.08. The second-order valence-electron chi connectivity index (χ2n) is 4.58. The third kappa shape index (κ3) is 2.98. The van der Waals surface area contributed by atoms with Crippen molar-refractivity contribution in [1.82, 2.24) is 20.2 Å². The first kappa shape index (κ1) is 14.9. The molecule has 5 nitrogen and oxygen atoms in total. The van der Waals surface area contributed by atoms with Crippen LogP contribution < -0.4 is 5.32 Å². The van der Waals surface area contributed by atoms with Crippen molar-refractivity contribution in [3.63, 3.8) is 0 Å². The van der Waals surface area contributed by atoms with E-state index in [0.717, 1.165) is 0 Å². The maximum Gasteiger partial charge on any atom is 0.253 e. The molecule has 0 aliphatic rings. The molecule has 0 fully saturated rings. The van der Waals surface area contributed by atoms with Crippen molar-refractivity contribution < 1.29 is 17.6 Å². The second kappa shape index (κ2) is 6.03. The lowest BCUT2D eigenvalue weighted by molar-refractivity contribution is 0.410.